The van der Waals surface area contributed by atoms with E-state index in [1.54, 1.807) is 6.20 Å². The standard InChI is InChI=1S/C18H21N3O/c1-13-6-8-14(9-7-13)18(22)21-17-11-10-16(12-19-17)20-15-4-2-3-5-15/h6-12,15,20H,2-5H2,1H3,(H,19,21,22). The Morgan fingerprint density at radius 1 is 1.09 bits per heavy atom. The number of benzene rings is 1. The third-order valence-electron chi connectivity index (χ3n) is 4.04. The van der Waals surface area contributed by atoms with Crippen LogP contribution in [0, 0.1) is 6.92 Å². The van der Waals surface area contributed by atoms with Crippen LogP contribution in [0.4, 0.5) is 11.5 Å². The van der Waals surface area contributed by atoms with Gasteiger partial charge in [0.25, 0.3) is 5.91 Å². The Hall–Kier alpha value is -2.36. The van der Waals surface area contributed by atoms with Crippen molar-refractivity contribution in [1.82, 2.24) is 4.98 Å². The quantitative estimate of drug-likeness (QED) is 0.896. The molecule has 4 heteroatoms. The third kappa shape index (κ3) is 3.64. The number of carbonyl (C=O) groups excluding carboxylic acids is 1. The molecule has 1 fully saturated rings. The molecule has 114 valence electrons. The first-order valence-corrected chi connectivity index (χ1v) is 7.81. The molecule has 1 aromatic heterocycles. The predicted octanol–water partition coefficient (Wildman–Crippen LogP) is 4.00. The second-order valence-corrected chi connectivity index (χ2v) is 5.88. The normalized spacial score (nSPS) is 14.8. The number of anilines is 2. The van der Waals surface area contributed by atoms with Crippen molar-refractivity contribution in [1.29, 1.82) is 0 Å². The number of pyridine rings is 1. The molecule has 1 heterocycles. The molecule has 0 radical (unpaired) electrons. The highest BCUT2D eigenvalue weighted by Gasteiger charge is 2.14. The van der Waals surface area contributed by atoms with Crippen LogP contribution in [0.1, 0.15) is 41.6 Å². The van der Waals surface area contributed by atoms with Gasteiger partial charge < -0.3 is 10.6 Å². The maximum atomic E-state index is 12.1. The molecule has 1 aliphatic rings. The number of carbonyl (C=O) groups is 1. The zero-order valence-corrected chi connectivity index (χ0v) is 12.8. The van der Waals surface area contributed by atoms with Crippen LogP contribution in [-0.4, -0.2) is 16.9 Å². The van der Waals surface area contributed by atoms with Gasteiger partial charge in [-0.2, -0.15) is 0 Å². The molecule has 0 saturated heterocycles. The van der Waals surface area contributed by atoms with Gasteiger partial charge in [-0.25, -0.2) is 4.98 Å². The monoisotopic (exact) mass is 295 g/mol. The van der Waals surface area contributed by atoms with Gasteiger partial charge in [0, 0.05) is 11.6 Å². The van der Waals surface area contributed by atoms with Crippen molar-refractivity contribution in [2.75, 3.05) is 10.6 Å². The lowest BCUT2D eigenvalue weighted by Gasteiger charge is -2.13. The summed E-state index contributed by atoms with van der Waals surface area (Å²) < 4.78 is 0. The first-order chi connectivity index (χ1) is 10.7. The average molecular weight is 295 g/mol. The van der Waals surface area contributed by atoms with Gasteiger partial charge in [0.15, 0.2) is 0 Å². The Balaban J connectivity index is 1.60. The minimum Gasteiger partial charge on any atom is -0.381 e. The van der Waals surface area contributed by atoms with Crippen molar-refractivity contribution < 1.29 is 4.79 Å². The summed E-state index contributed by atoms with van der Waals surface area (Å²) >= 11 is 0. The fraction of sp³-hybridized carbons (Fsp3) is 0.333. The van der Waals surface area contributed by atoms with Crippen LogP contribution in [0.15, 0.2) is 42.6 Å². The van der Waals surface area contributed by atoms with Crippen molar-refractivity contribution in [3.8, 4) is 0 Å². The van der Waals surface area contributed by atoms with Crippen LogP contribution >= 0.6 is 0 Å². The summed E-state index contributed by atoms with van der Waals surface area (Å²) in [5.74, 6) is 0.437. The second-order valence-electron chi connectivity index (χ2n) is 5.88. The van der Waals surface area contributed by atoms with Crippen LogP contribution < -0.4 is 10.6 Å². The van der Waals surface area contributed by atoms with E-state index in [4.69, 9.17) is 0 Å². The highest BCUT2D eigenvalue weighted by Crippen LogP contribution is 2.22. The number of aryl methyl sites for hydroxylation is 1. The molecule has 1 aliphatic carbocycles. The summed E-state index contributed by atoms with van der Waals surface area (Å²) in [6, 6.07) is 11.9. The SMILES string of the molecule is Cc1ccc(C(=O)Nc2ccc(NC3CCCC3)cn2)cc1. The Morgan fingerprint density at radius 3 is 2.45 bits per heavy atom. The van der Waals surface area contributed by atoms with Crippen LogP contribution in [0.5, 0.6) is 0 Å². The summed E-state index contributed by atoms with van der Waals surface area (Å²) in [4.78, 5) is 16.4. The van der Waals surface area contributed by atoms with Gasteiger partial charge in [0.2, 0.25) is 0 Å². The number of hydrogen-bond acceptors (Lipinski definition) is 3. The number of rotatable bonds is 4. The minimum absolute atomic E-state index is 0.135. The summed E-state index contributed by atoms with van der Waals surface area (Å²) in [6.07, 6.45) is 6.84. The van der Waals surface area contributed by atoms with E-state index in [2.05, 4.69) is 15.6 Å². The van der Waals surface area contributed by atoms with E-state index in [1.165, 1.54) is 25.7 Å². The number of nitrogens with zero attached hydrogens (tertiary/aromatic N) is 1. The highest BCUT2D eigenvalue weighted by molar-refractivity contribution is 6.03. The van der Waals surface area contributed by atoms with Crippen molar-refractivity contribution >= 4 is 17.4 Å². The Bertz CT molecular complexity index is 628. The topological polar surface area (TPSA) is 54.0 Å². The second kappa shape index (κ2) is 6.60. The molecule has 1 amide bonds. The predicted molar refractivity (Wildman–Crippen MR) is 89.2 cm³/mol. The van der Waals surface area contributed by atoms with Crippen molar-refractivity contribution in [3.05, 3.63) is 53.7 Å². The highest BCUT2D eigenvalue weighted by atomic mass is 16.1. The fourth-order valence-electron chi connectivity index (χ4n) is 2.75. The summed E-state index contributed by atoms with van der Waals surface area (Å²) in [5, 5.41) is 6.30. The van der Waals surface area contributed by atoms with Gasteiger partial charge in [-0.3, -0.25) is 4.79 Å². The lowest BCUT2D eigenvalue weighted by molar-refractivity contribution is 0.102. The lowest BCUT2D eigenvalue weighted by atomic mass is 10.1. The molecular weight excluding hydrogens is 274 g/mol. The number of hydrogen-bond donors (Lipinski definition) is 2. The molecule has 2 aromatic rings. The number of aromatic nitrogens is 1. The molecule has 0 atom stereocenters. The molecule has 2 N–H and O–H groups in total. The van der Waals surface area contributed by atoms with Gasteiger partial charge in [-0.05, 0) is 44.0 Å². The average Bonchev–Trinajstić information content (AvgIpc) is 3.03. The van der Waals surface area contributed by atoms with E-state index in [-0.39, 0.29) is 5.91 Å². The van der Waals surface area contributed by atoms with Crippen LogP contribution in [-0.2, 0) is 0 Å². The smallest absolute Gasteiger partial charge is 0.256 e. The molecule has 22 heavy (non-hydrogen) atoms. The van der Waals surface area contributed by atoms with Crippen LogP contribution in [0.25, 0.3) is 0 Å². The third-order valence-corrected chi connectivity index (χ3v) is 4.04. The number of nitrogens with one attached hydrogen (secondary N) is 2. The van der Waals surface area contributed by atoms with Gasteiger partial charge >= 0.3 is 0 Å². The van der Waals surface area contributed by atoms with Crippen LogP contribution in [0.3, 0.4) is 0 Å². The largest absolute Gasteiger partial charge is 0.381 e. The fourth-order valence-corrected chi connectivity index (χ4v) is 2.75. The zero-order valence-electron chi connectivity index (χ0n) is 12.8. The molecule has 1 aromatic carbocycles. The van der Waals surface area contributed by atoms with Crippen molar-refractivity contribution in [2.24, 2.45) is 0 Å². The Kier molecular flexibility index (Phi) is 4.37. The molecule has 1 saturated carbocycles. The van der Waals surface area contributed by atoms with E-state index in [0.29, 0.717) is 17.4 Å². The maximum Gasteiger partial charge on any atom is 0.256 e. The molecule has 3 rings (SSSR count). The molecule has 0 spiro atoms. The van der Waals surface area contributed by atoms with Gasteiger partial charge in [-0.1, -0.05) is 30.5 Å². The lowest BCUT2D eigenvalue weighted by Crippen LogP contribution is -2.15. The van der Waals surface area contributed by atoms with Crippen molar-refractivity contribution in [2.45, 2.75) is 38.6 Å². The Morgan fingerprint density at radius 2 is 1.82 bits per heavy atom. The molecular formula is C18H21N3O. The molecule has 0 bridgehead atoms. The summed E-state index contributed by atoms with van der Waals surface area (Å²) in [7, 11) is 0. The van der Waals surface area contributed by atoms with E-state index in [1.807, 2.05) is 43.3 Å². The first-order valence-electron chi connectivity index (χ1n) is 7.81. The minimum atomic E-state index is -0.135. The Labute approximate surface area is 131 Å². The zero-order chi connectivity index (χ0) is 15.4. The van der Waals surface area contributed by atoms with Gasteiger partial charge in [0.1, 0.15) is 5.82 Å². The summed E-state index contributed by atoms with van der Waals surface area (Å²) in [6.45, 7) is 2.00. The molecule has 0 unspecified atom stereocenters. The molecule has 0 aliphatic heterocycles. The van der Waals surface area contributed by atoms with E-state index >= 15 is 0 Å². The first kappa shape index (κ1) is 14.6. The number of amides is 1. The molecule has 4 nitrogen and oxygen atoms in total. The van der Waals surface area contributed by atoms with Crippen LogP contribution in [0.2, 0.25) is 0 Å². The van der Waals surface area contributed by atoms with E-state index in [9.17, 15) is 4.79 Å². The maximum absolute atomic E-state index is 12.1. The van der Waals surface area contributed by atoms with E-state index < -0.39 is 0 Å². The van der Waals surface area contributed by atoms with E-state index in [0.717, 1.165) is 11.3 Å². The van der Waals surface area contributed by atoms with Gasteiger partial charge in [0.05, 0.1) is 11.9 Å². The summed E-state index contributed by atoms with van der Waals surface area (Å²) in [5.41, 5.74) is 2.79. The van der Waals surface area contributed by atoms with Gasteiger partial charge in [-0.15, -0.1) is 0 Å². The van der Waals surface area contributed by atoms with Crippen molar-refractivity contribution in [3.63, 3.8) is 0 Å².